The Balaban J connectivity index is 1.53. The summed E-state index contributed by atoms with van der Waals surface area (Å²) in [6, 6.07) is 21.7. The Bertz CT molecular complexity index is 1300. The molecule has 0 spiro atoms. The second-order valence-electron chi connectivity index (χ2n) is 9.15. The van der Waals surface area contributed by atoms with E-state index in [1.165, 1.54) is 0 Å². The number of carbonyl (C=O) groups is 2. The fourth-order valence-electron chi connectivity index (χ4n) is 4.40. The second-order valence-corrected chi connectivity index (χ2v) is 9.52. The van der Waals surface area contributed by atoms with Gasteiger partial charge in [0, 0.05) is 12.2 Å². The number of methoxy groups -OCH3 is 2. The van der Waals surface area contributed by atoms with Crippen LogP contribution < -0.4 is 19.5 Å². The molecule has 1 N–H and O–H groups in total. The molecule has 4 rings (SSSR count). The van der Waals surface area contributed by atoms with Crippen LogP contribution >= 0.6 is 12.2 Å². The maximum atomic E-state index is 13.6. The first-order valence-corrected chi connectivity index (χ1v) is 13.2. The molecule has 0 saturated carbocycles. The summed E-state index contributed by atoms with van der Waals surface area (Å²) in [6.07, 6.45) is 0.864. The van der Waals surface area contributed by atoms with Crippen LogP contribution in [-0.4, -0.2) is 53.6 Å². The van der Waals surface area contributed by atoms with Gasteiger partial charge in [-0.2, -0.15) is 0 Å². The Hall–Kier alpha value is -4.11. The third-order valence-electron chi connectivity index (χ3n) is 6.38. The van der Waals surface area contributed by atoms with Crippen molar-refractivity contribution in [2.45, 2.75) is 38.9 Å². The summed E-state index contributed by atoms with van der Waals surface area (Å²) >= 11 is 5.79. The predicted molar refractivity (Wildman–Crippen MR) is 154 cm³/mol. The van der Waals surface area contributed by atoms with Gasteiger partial charge in [0.05, 0.1) is 33.8 Å². The lowest BCUT2D eigenvalue weighted by Crippen LogP contribution is -2.37. The van der Waals surface area contributed by atoms with Gasteiger partial charge in [-0.15, -0.1) is 0 Å². The molecule has 2 amide bonds. The molecule has 1 saturated heterocycles. The lowest BCUT2D eigenvalue weighted by molar-refractivity contribution is -0.131. The highest BCUT2D eigenvalue weighted by molar-refractivity contribution is 7.80. The SMILES string of the molecule is CCCOc1ccc(NC(=O)CC2C(=O)N(Cc3ccccc3)C(=S)N2Cc2ccc(OC)c(OC)c2)cc1. The van der Waals surface area contributed by atoms with Crippen molar-refractivity contribution in [2.24, 2.45) is 0 Å². The van der Waals surface area contributed by atoms with Crippen LogP contribution in [0.5, 0.6) is 17.2 Å². The van der Waals surface area contributed by atoms with Crippen molar-refractivity contribution in [3.8, 4) is 17.2 Å². The summed E-state index contributed by atoms with van der Waals surface area (Å²) in [5.41, 5.74) is 2.46. The summed E-state index contributed by atoms with van der Waals surface area (Å²) in [7, 11) is 3.15. The molecule has 3 aromatic carbocycles. The minimum absolute atomic E-state index is 0.0500. The highest BCUT2D eigenvalue weighted by Crippen LogP contribution is 2.31. The summed E-state index contributed by atoms with van der Waals surface area (Å²) in [5, 5.41) is 3.28. The topological polar surface area (TPSA) is 80.3 Å². The van der Waals surface area contributed by atoms with Gasteiger partial charge in [0.25, 0.3) is 5.91 Å². The van der Waals surface area contributed by atoms with Crippen molar-refractivity contribution >= 4 is 34.8 Å². The van der Waals surface area contributed by atoms with E-state index >= 15 is 0 Å². The molecule has 3 aromatic rings. The lowest BCUT2D eigenvalue weighted by atomic mass is 10.1. The molecule has 1 atom stereocenters. The van der Waals surface area contributed by atoms with Crippen molar-refractivity contribution in [1.29, 1.82) is 0 Å². The van der Waals surface area contributed by atoms with Gasteiger partial charge in [-0.3, -0.25) is 14.5 Å². The smallest absolute Gasteiger partial charge is 0.252 e. The van der Waals surface area contributed by atoms with Crippen LogP contribution in [0, 0.1) is 0 Å². The summed E-state index contributed by atoms with van der Waals surface area (Å²) in [5.74, 6) is 1.44. The molecule has 0 aliphatic carbocycles. The molecule has 0 radical (unpaired) electrons. The molecule has 1 aliphatic heterocycles. The van der Waals surface area contributed by atoms with Crippen molar-refractivity contribution < 1.29 is 23.8 Å². The Morgan fingerprint density at radius 1 is 0.923 bits per heavy atom. The highest BCUT2D eigenvalue weighted by atomic mass is 32.1. The zero-order valence-electron chi connectivity index (χ0n) is 22.4. The highest BCUT2D eigenvalue weighted by Gasteiger charge is 2.43. The van der Waals surface area contributed by atoms with E-state index in [-0.39, 0.29) is 18.2 Å². The number of benzene rings is 3. The Morgan fingerprint density at radius 3 is 2.31 bits per heavy atom. The third-order valence-corrected chi connectivity index (χ3v) is 6.83. The number of rotatable bonds is 12. The van der Waals surface area contributed by atoms with Crippen LogP contribution in [0.1, 0.15) is 30.9 Å². The molecule has 39 heavy (non-hydrogen) atoms. The first-order chi connectivity index (χ1) is 18.9. The van der Waals surface area contributed by atoms with E-state index in [4.69, 9.17) is 26.4 Å². The average molecular weight is 548 g/mol. The number of thiocarbonyl (C=S) groups is 1. The Kier molecular flexibility index (Phi) is 9.38. The van der Waals surface area contributed by atoms with Gasteiger partial charge in [-0.25, -0.2) is 0 Å². The van der Waals surface area contributed by atoms with Gasteiger partial charge >= 0.3 is 0 Å². The van der Waals surface area contributed by atoms with E-state index in [9.17, 15) is 9.59 Å². The normalized spacial score (nSPS) is 14.9. The minimum Gasteiger partial charge on any atom is -0.494 e. The van der Waals surface area contributed by atoms with Crippen molar-refractivity contribution in [1.82, 2.24) is 9.80 Å². The quantitative estimate of drug-likeness (QED) is 0.319. The van der Waals surface area contributed by atoms with E-state index in [0.29, 0.717) is 42.0 Å². The molecule has 0 bridgehead atoms. The standard InChI is InChI=1S/C30H33N3O5S/c1-4-16-38-24-13-11-23(12-14-24)31-28(34)18-25-29(35)33(19-21-8-6-5-7-9-21)30(39)32(25)20-22-10-15-26(36-2)27(17-22)37-3/h5-15,17,25H,4,16,18-20H2,1-3H3,(H,31,34). The molecule has 8 nitrogen and oxygen atoms in total. The van der Waals surface area contributed by atoms with Crippen LogP contribution in [0.2, 0.25) is 0 Å². The van der Waals surface area contributed by atoms with E-state index in [1.807, 2.05) is 72.5 Å². The third kappa shape index (κ3) is 6.86. The van der Waals surface area contributed by atoms with E-state index in [2.05, 4.69) is 5.32 Å². The molecular weight excluding hydrogens is 514 g/mol. The van der Waals surface area contributed by atoms with Crippen LogP contribution in [0.25, 0.3) is 0 Å². The fourth-order valence-corrected chi connectivity index (χ4v) is 4.75. The zero-order valence-corrected chi connectivity index (χ0v) is 23.2. The monoisotopic (exact) mass is 547 g/mol. The minimum atomic E-state index is -0.749. The van der Waals surface area contributed by atoms with Gasteiger partial charge in [0.15, 0.2) is 16.6 Å². The number of ether oxygens (including phenoxy) is 3. The van der Waals surface area contributed by atoms with Gasteiger partial charge in [-0.1, -0.05) is 43.3 Å². The molecule has 1 unspecified atom stereocenters. The fraction of sp³-hybridized carbons (Fsp3) is 0.300. The van der Waals surface area contributed by atoms with Crippen LogP contribution in [-0.2, 0) is 22.7 Å². The van der Waals surface area contributed by atoms with Crippen molar-refractivity contribution in [3.63, 3.8) is 0 Å². The predicted octanol–water partition coefficient (Wildman–Crippen LogP) is 5.02. The molecule has 204 valence electrons. The van der Waals surface area contributed by atoms with Crippen LogP contribution in [0.4, 0.5) is 5.69 Å². The number of amides is 2. The maximum Gasteiger partial charge on any atom is 0.252 e. The number of nitrogens with one attached hydrogen (secondary N) is 1. The molecular formula is C30H33N3O5S. The molecule has 0 aromatic heterocycles. The summed E-state index contributed by atoms with van der Waals surface area (Å²) in [6.45, 7) is 3.33. The van der Waals surface area contributed by atoms with Gasteiger partial charge in [0.2, 0.25) is 5.91 Å². The molecule has 1 fully saturated rings. The van der Waals surface area contributed by atoms with Gasteiger partial charge < -0.3 is 24.4 Å². The van der Waals surface area contributed by atoms with Crippen molar-refractivity contribution in [3.05, 3.63) is 83.9 Å². The number of anilines is 1. The average Bonchev–Trinajstić information content (AvgIpc) is 3.16. The number of nitrogens with zero attached hydrogens (tertiary/aromatic N) is 2. The number of carbonyl (C=O) groups excluding carboxylic acids is 2. The molecule has 9 heteroatoms. The maximum absolute atomic E-state index is 13.6. The molecule has 1 heterocycles. The number of hydrogen-bond acceptors (Lipinski definition) is 6. The van der Waals surface area contributed by atoms with E-state index in [0.717, 1.165) is 23.3 Å². The van der Waals surface area contributed by atoms with E-state index in [1.54, 1.807) is 31.3 Å². The number of hydrogen-bond donors (Lipinski definition) is 1. The van der Waals surface area contributed by atoms with Crippen LogP contribution in [0.3, 0.4) is 0 Å². The lowest BCUT2D eigenvalue weighted by Gasteiger charge is -2.24. The zero-order chi connectivity index (χ0) is 27.8. The molecule has 1 aliphatic rings. The van der Waals surface area contributed by atoms with E-state index < -0.39 is 6.04 Å². The van der Waals surface area contributed by atoms with Crippen LogP contribution in [0.15, 0.2) is 72.8 Å². The van der Waals surface area contributed by atoms with Gasteiger partial charge in [0.1, 0.15) is 11.8 Å². The second kappa shape index (κ2) is 13.1. The largest absolute Gasteiger partial charge is 0.494 e. The summed E-state index contributed by atoms with van der Waals surface area (Å²) in [4.78, 5) is 30.1. The Morgan fingerprint density at radius 2 is 1.64 bits per heavy atom. The first kappa shape index (κ1) is 27.9. The first-order valence-electron chi connectivity index (χ1n) is 12.8. The van der Waals surface area contributed by atoms with Crippen molar-refractivity contribution in [2.75, 3.05) is 26.1 Å². The summed E-state index contributed by atoms with van der Waals surface area (Å²) < 4.78 is 16.4. The Labute approximate surface area is 234 Å². The van der Waals surface area contributed by atoms with Gasteiger partial charge in [-0.05, 0) is 66.2 Å².